The molecule has 1 unspecified atom stereocenters. The highest BCUT2D eigenvalue weighted by Gasteiger charge is 2.46. The lowest BCUT2D eigenvalue weighted by atomic mass is 9.85. The third-order valence-electron chi connectivity index (χ3n) is 3.18. The third-order valence-corrected chi connectivity index (χ3v) is 4.00. The molecule has 4 heteroatoms. The van der Waals surface area contributed by atoms with E-state index in [0.717, 1.165) is 16.8 Å². The average molecular weight is 258 g/mol. The van der Waals surface area contributed by atoms with Gasteiger partial charge in [0.25, 0.3) is 0 Å². The van der Waals surface area contributed by atoms with Crippen LogP contribution >= 0.6 is 23.2 Å². The van der Waals surface area contributed by atoms with Gasteiger partial charge in [0.2, 0.25) is 5.91 Å². The van der Waals surface area contributed by atoms with Crippen molar-refractivity contribution in [3.63, 3.8) is 0 Å². The topological polar surface area (TPSA) is 20.3 Å². The van der Waals surface area contributed by atoms with E-state index in [1.807, 2.05) is 26.0 Å². The lowest BCUT2D eigenvalue weighted by Gasteiger charge is -2.19. The molecule has 16 heavy (non-hydrogen) atoms. The molecule has 0 bridgehead atoms. The fourth-order valence-corrected chi connectivity index (χ4v) is 2.87. The first-order valence-corrected chi connectivity index (χ1v) is 5.98. The zero-order valence-corrected chi connectivity index (χ0v) is 11.0. The van der Waals surface area contributed by atoms with Gasteiger partial charge in [-0.05, 0) is 31.0 Å². The van der Waals surface area contributed by atoms with Crippen LogP contribution in [-0.4, -0.2) is 18.8 Å². The first-order valence-electron chi connectivity index (χ1n) is 5.06. The van der Waals surface area contributed by atoms with E-state index in [4.69, 9.17) is 23.2 Å². The minimum Gasteiger partial charge on any atom is -0.313 e. The van der Waals surface area contributed by atoms with Crippen LogP contribution in [0.1, 0.15) is 18.1 Å². The summed E-state index contributed by atoms with van der Waals surface area (Å²) in [5, 5.41) is 0.611. The van der Waals surface area contributed by atoms with Crippen molar-refractivity contribution in [2.24, 2.45) is 0 Å². The fourth-order valence-electron chi connectivity index (χ4n) is 2.21. The monoisotopic (exact) mass is 257 g/mol. The van der Waals surface area contributed by atoms with E-state index in [9.17, 15) is 4.79 Å². The van der Waals surface area contributed by atoms with E-state index in [1.165, 1.54) is 0 Å². The summed E-state index contributed by atoms with van der Waals surface area (Å²) >= 11 is 12.1. The Morgan fingerprint density at radius 3 is 2.62 bits per heavy atom. The van der Waals surface area contributed by atoms with Gasteiger partial charge in [0, 0.05) is 12.9 Å². The van der Waals surface area contributed by atoms with Crippen molar-refractivity contribution in [3.05, 3.63) is 28.3 Å². The maximum atomic E-state index is 12.2. The minimum absolute atomic E-state index is 0.00463. The van der Waals surface area contributed by atoms with Crippen molar-refractivity contribution in [2.45, 2.75) is 19.3 Å². The van der Waals surface area contributed by atoms with Crippen molar-refractivity contribution in [1.82, 2.24) is 0 Å². The smallest absolute Gasteiger partial charge is 0.238 e. The second kappa shape index (κ2) is 3.64. The number of alkyl halides is 1. The van der Waals surface area contributed by atoms with Crippen LogP contribution in [0.3, 0.4) is 0 Å². The van der Waals surface area contributed by atoms with Crippen molar-refractivity contribution < 1.29 is 4.79 Å². The number of hydrogen-bond donors (Lipinski definition) is 0. The summed E-state index contributed by atoms with van der Waals surface area (Å²) in [6, 6.07) is 3.86. The van der Waals surface area contributed by atoms with Gasteiger partial charge in [-0.1, -0.05) is 17.7 Å². The molecule has 0 saturated carbocycles. The number of carbonyl (C=O) groups is 1. The number of rotatable bonds is 1. The van der Waals surface area contributed by atoms with Gasteiger partial charge in [0.05, 0.1) is 16.1 Å². The third kappa shape index (κ3) is 1.36. The predicted octanol–water partition coefficient (Wildman–Crippen LogP) is 3.12. The van der Waals surface area contributed by atoms with Gasteiger partial charge in [0.15, 0.2) is 0 Å². The van der Waals surface area contributed by atoms with Crippen molar-refractivity contribution in [2.75, 3.05) is 17.8 Å². The van der Waals surface area contributed by atoms with Gasteiger partial charge in [-0.2, -0.15) is 0 Å². The van der Waals surface area contributed by atoms with E-state index in [2.05, 4.69) is 0 Å². The molecule has 1 aliphatic heterocycles. The molecule has 0 fully saturated rings. The van der Waals surface area contributed by atoms with Crippen LogP contribution in [0.25, 0.3) is 0 Å². The zero-order valence-electron chi connectivity index (χ0n) is 9.47. The normalized spacial score (nSPS) is 23.8. The van der Waals surface area contributed by atoms with Gasteiger partial charge in [-0.25, -0.2) is 0 Å². The Hall–Kier alpha value is -0.730. The molecule has 86 valence electrons. The van der Waals surface area contributed by atoms with E-state index < -0.39 is 5.41 Å². The predicted molar refractivity (Wildman–Crippen MR) is 67.7 cm³/mol. The quantitative estimate of drug-likeness (QED) is 0.709. The second-order valence-electron chi connectivity index (χ2n) is 4.47. The van der Waals surface area contributed by atoms with Crippen molar-refractivity contribution in [3.8, 4) is 0 Å². The second-order valence-corrected chi connectivity index (χ2v) is 5.15. The molecule has 1 amide bonds. The number of fused-ring (bicyclic) bond motifs is 1. The first kappa shape index (κ1) is 11.7. The molecule has 0 spiro atoms. The number of amides is 1. The van der Waals surface area contributed by atoms with E-state index in [1.54, 1.807) is 11.9 Å². The standard InChI is InChI=1S/C12H13Cl2NO/c1-7-4-8-10(9(14)5-7)15(3)11(16)12(8,2)6-13/h4-5H,6H2,1-3H3. The summed E-state index contributed by atoms with van der Waals surface area (Å²) in [5.41, 5.74) is 2.12. The maximum absolute atomic E-state index is 12.2. The van der Waals surface area contributed by atoms with Gasteiger partial charge in [0.1, 0.15) is 0 Å². The van der Waals surface area contributed by atoms with Crippen LogP contribution in [0, 0.1) is 6.92 Å². The van der Waals surface area contributed by atoms with Crippen LogP contribution in [0.2, 0.25) is 5.02 Å². The summed E-state index contributed by atoms with van der Waals surface area (Å²) in [6.07, 6.45) is 0. The molecule has 1 aromatic rings. The summed E-state index contributed by atoms with van der Waals surface area (Å²) in [5.74, 6) is 0.271. The average Bonchev–Trinajstić information content (AvgIpc) is 2.42. The SMILES string of the molecule is Cc1cc(Cl)c2c(c1)C(C)(CCl)C(=O)N2C. The molecule has 1 aromatic carbocycles. The van der Waals surface area contributed by atoms with Crippen LogP contribution in [0.15, 0.2) is 12.1 Å². The fraction of sp³-hybridized carbons (Fsp3) is 0.417. The molecule has 0 N–H and O–H groups in total. The number of aryl methyl sites for hydroxylation is 1. The highest BCUT2D eigenvalue weighted by atomic mass is 35.5. The molecule has 1 atom stereocenters. The molecule has 0 radical (unpaired) electrons. The van der Waals surface area contributed by atoms with Gasteiger partial charge < -0.3 is 4.90 Å². The Labute approximate surface area is 105 Å². The van der Waals surface area contributed by atoms with E-state index >= 15 is 0 Å². The molecular formula is C12H13Cl2NO. The molecule has 2 rings (SSSR count). The number of likely N-dealkylation sites (N-methyl/N-ethyl adjacent to an activating group) is 1. The Morgan fingerprint density at radius 1 is 1.44 bits per heavy atom. The van der Waals surface area contributed by atoms with Gasteiger partial charge in [-0.3, -0.25) is 4.79 Å². The van der Waals surface area contributed by atoms with Crippen LogP contribution < -0.4 is 4.90 Å². The molecular weight excluding hydrogens is 245 g/mol. The highest BCUT2D eigenvalue weighted by Crippen LogP contribution is 2.45. The van der Waals surface area contributed by atoms with Gasteiger partial charge >= 0.3 is 0 Å². The molecule has 1 heterocycles. The number of nitrogens with zero attached hydrogens (tertiary/aromatic N) is 1. The van der Waals surface area contributed by atoms with E-state index in [-0.39, 0.29) is 11.8 Å². The number of carbonyl (C=O) groups excluding carboxylic acids is 1. The van der Waals surface area contributed by atoms with E-state index in [0.29, 0.717) is 5.02 Å². The lowest BCUT2D eigenvalue weighted by molar-refractivity contribution is -0.121. The molecule has 2 nitrogen and oxygen atoms in total. The van der Waals surface area contributed by atoms with Crippen molar-refractivity contribution in [1.29, 1.82) is 0 Å². The van der Waals surface area contributed by atoms with Gasteiger partial charge in [-0.15, -0.1) is 11.6 Å². The Morgan fingerprint density at radius 2 is 2.06 bits per heavy atom. The largest absolute Gasteiger partial charge is 0.313 e. The number of anilines is 1. The number of benzene rings is 1. The Kier molecular flexibility index (Phi) is 2.67. The number of hydrogen-bond acceptors (Lipinski definition) is 1. The summed E-state index contributed by atoms with van der Waals surface area (Å²) < 4.78 is 0. The summed E-state index contributed by atoms with van der Waals surface area (Å²) in [6.45, 7) is 3.82. The maximum Gasteiger partial charge on any atom is 0.238 e. The summed E-state index contributed by atoms with van der Waals surface area (Å²) in [4.78, 5) is 13.8. The van der Waals surface area contributed by atoms with Crippen LogP contribution in [-0.2, 0) is 10.2 Å². The Bertz CT molecular complexity index is 472. The van der Waals surface area contributed by atoms with Crippen molar-refractivity contribution >= 4 is 34.8 Å². The molecule has 0 saturated heterocycles. The zero-order chi connectivity index (χ0) is 12.1. The van der Waals surface area contributed by atoms with Crippen LogP contribution in [0.5, 0.6) is 0 Å². The highest BCUT2D eigenvalue weighted by molar-refractivity contribution is 6.35. The molecule has 0 aliphatic carbocycles. The lowest BCUT2D eigenvalue weighted by Crippen LogP contribution is -2.37. The first-order chi connectivity index (χ1) is 7.41. The van der Waals surface area contributed by atoms with Crippen LogP contribution in [0.4, 0.5) is 5.69 Å². The summed E-state index contributed by atoms with van der Waals surface area (Å²) in [7, 11) is 1.74. The molecule has 0 aromatic heterocycles. The number of halogens is 2. The minimum atomic E-state index is -0.651. The molecule has 1 aliphatic rings. The Balaban J connectivity index is 2.75.